The highest BCUT2D eigenvalue weighted by Crippen LogP contribution is 2.82. The van der Waals surface area contributed by atoms with Gasteiger partial charge in [0, 0.05) is 11.1 Å². The molecule has 0 aliphatic carbocycles. The van der Waals surface area contributed by atoms with E-state index in [1.165, 1.54) is 0 Å². The van der Waals surface area contributed by atoms with Gasteiger partial charge in [0.25, 0.3) is 0 Å². The topological polar surface area (TPSA) is 24.9 Å². The van der Waals surface area contributed by atoms with Crippen molar-refractivity contribution in [3.05, 3.63) is 0 Å². The molecule has 100 valence electrons. The summed E-state index contributed by atoms with van der Waals surface area (Å²) in [5.41, 5.74) is 0.243. The molecule has 0 radical (unpaired) electrons. The summed E-state index contributed by atoms with van der Waals surface area (Å²) >= 11 is 0. The molecule has 3 saturated heterocycles. The minimum absolute atomic E-state index is 0.122. The summed E-state index contributed by atoms with van der Waals surface area (Å²) in [6.45, 7) is 15.1. The zero-order valence-corrected chi connectivity index (χ0v) is 13.5. The normalized spacial score (nSPS) is 32.8. The Kier molecular flexibility index (Phi) is 3.88. The van der Waals surface area contributed by atoms with Crippen molar-refractivity contribution in [1.82, 2.24) is 8.88 Å². The van der Waals surface area contributed by atoms with Crippen LogP contribution in [0.1, 0.15) is 48.0 Å². The van der Waals surface area contributed by atoms with Crippen molar-refractivity contribution in [2.45, 2.75) is 59.0 Å². The molecule has 0 saturated carbocycles. The average Bonchev–Trinajstić information content (AvgIpc) is 1.91. The third-order valence-electron chi connectivity index (χ3n) is 2.55. The fourth-order valence-electron chi connectivity index (χ4n) is 1.86. The first-order valence-corrected chi connectivity index (χ1v) is 8.52. The van der Waals surface area contributed by atoms with Crippen molar-refractivity contribution in [3.8, 4) is 0 Å². The monoisotopic (exact) mass is 278 g/mol. The van der Waals surface area contributed by atoms with Crippen molar-refractivity contribution >= 4 is 16.9 Å². The molecule has 0 aromatic heterocycles. The molecule has 3 aliphatic heterocycles. The second-order valence-corrected chi connectivity index (χ2v) is 10.2. The number of hydrogen-bond donors (Lipinski definition) is 0. The molecule has 0 amide bonds. The zero-order valence-electron chi connectivity index (χ0n) is 11.7. The van der Waals surface area contributed by atoms with Crippen molar-refractivity contribution in [2.24, 2.45) is 0 Å². The molecule has 3 fully saturated rings. The second-order valence-electron chi connectivity index (χ2n) is 6.45. The predicted molar refractivity (Wildman–Crippen MR) is 73.5 cm³/mol. The molecule has 0 spiro atoms. The number of hydrogen-bond acceptors (Lipinski definition) is 4. The van der Waals surface area contributed by atoms with Gasteiger partial charge in [-0.3, -0.25) is 0 Å². The molecule has 3 heterocycles. The number of nitrogens with zero attached hydrogens (tertiary/aromatic N) is 2. The summed E-state index contributed by atoms with van der Waals surface area (Å²) in [6, 6.07) is 0. The lowest BCUT2D eigenvalue weighted by Gasteiger charge is -2.62. The molecule has 3 aliphatic rings. The van der Waals surface area contributed by atoms with Gasteiger partial charge in [-0.2, -0.15) is 8.88 Å². The standard InChI is InChI=1S/C11H24N2O2P2/c1-10(2,3)12-16-13(11(4,5)6)17(12)15-9-7-8-14-16/h7-9H2,1-6H3. The fourth-order valence-corrected chi connectivity index (χ4v) is 7.36. The van der Waals surface area contributed by atoms with Gasteiger partial charge in [-0.15, -0.1) is 0 Å². The first-order chi connectivity index (χ1) is 7.73. The van der Waals surface area contributed by atoms with Gasteiger partial charge >= 0.3 is 0 Å². The Balaban J connectivity index is 2.22. The van der Waals surface area contributed by atoms with Crippen LogP contribution in [0.4, 0.5) is 0 Å². The largest absolute Gasteiger partial charge is 0.331 e. The summed E-state index contributed by atoms with van der Waals surface area (Å²) in [5.74, 6) is 0. The predicted octanol–water partition coefficient (Wildman–Crippen LogP) is 4.09. The second kappa shape index (κ2) is 4.67. The molecule has 0 aromatic rings. The molecule has 4 nitrogen and oxygen atoms in total. The van der Waals surface area contributed by atoms with E-state index in [-0.39, 0.29) is 11.1 Å². The number of rotatable bonds is 0. The third kappa shape index (κ3) is 2.68. The van der Waals surface area contributed by atoms with E-state index in [0.717, 1.165) is 19.6 Å². The molecular formula is C11H24N2O2P2. The quantitative estimate of drug-likeness (QED) is 0.623. The van der Waals surface area contributed by atoms with Crippen LogP contribution in [0.3, 0.4) is 0 Å². The Morgan fingerprint density at radius 2 is 1.12 bits per heavy atom. The lowest BCUT2D eigenvalue weighted by molar-refractivity contribution is 0.137. The van der Waals surface area contributed by atoms with E-state index in [2.05, 4.69) is 50.4 Å². The van der Waals surface area contributed by atoms with Crippen LogP contribution in [0.15, 0.2) is 0 Å². The van der Waals surface area contributed by atoms with E-state index in [4.69, 9.17) is 9.05 Å². The smallest absolute Gasteiger partial charge is 0.202 e. The Morgan fingerprint density at radius 3 is 1.41 bits per heavy atom. The van der Waals surface area contributed by atoms with Gasteiger partial charge in [-0.05, 0) is 48.0 Å². The van der Waals surface area contributed by atoms with Crippen LogP contribution < -0.4 is 0 Å². The van der Waals surface area contributed by atoms with E-state index in [1.54, 1.807) is 0 Å². The van der Waals surface area contributed by atoms with Crippen LogP contribution in [0.25, 0.3) is 0 Å². The maximum absolute atomic E-state index is 6.08. The van der Waals surface area contributed by atoms with Crippen LogP contribution >= 0.6 is 16.9 Å². The van der Waals surface area contributed by atoms with Gasteiger partial charge in [-0.25, -0.2) is 0 Å². The van der Waals surface area contributed by atoms with Crippen LogP contribution in [0, 0.1) is 0 Å². The molecule has 2 bridgehead atoms. The van der Waals surface area contributed by atoms with Crippen LogP contribution in [0.2, 0.25) is 0 Å². The Morgan fingerprint density at radius 1 is 0.765 bits per heavy atom. The first-order valence-electron chi connectivity index (χ1n) is 6.19. The van der Waals surface area contributed by atoms with Gasteiger partial charge in [0.2, 0.25) is 16.9 Å². The van der Waals surface area contributed by atoms with Crippen molar-refractivity contribution in [1.29, 1.82) is 0 Å². The molecule has 3 rings (SSSR count). The average molecular weight is 278 g/mol. The lowest BCUT2D eigenvalue weighted by Crippen LogP contribution is -2.54. The molecule has 17 heavy (non-hydrogen) atoms. The third-order valence-corrected chi connectivity index (χ3v) is 8.91. The fraction of sp³-hybridized carbons (Fsp3) is 1.00. The van der Waals surface area contributed by atoms with Gasteiger partial charge < -0.3 is 9.05 Å². The maximum atomic E-state index is 6.08. The number of fused-ring (bicyclic) bond motifs is 4. The molecule has 0 N–H and O–H groups in total. The van der Waals surface area contributed by atoms with E-state index in [0.29, 0.717) is 0 Å². The SMILES string of the molecule is CC(C)(C)N1P2OCCCOP1N2C(C)(C)C. The van der Waals surface area contributed by atoms with Gasteiger partial charge in [-0.1, -0.05) is 0 Å². The van der Waals surface area contributed by atoms with E-state index >= 15 is 0 Å². The van der Waals surface area contributed by atoms with Gasteiger partial charge in [0.15, 0.2) is 0 Å². The highest BCUT2D eigenvalue weighted by Gasteiger charge is 2.59. The van der Waals surface area contributed by atoms with Crippen molar-refractivity contribution < 1.29 is 9.05 Å². The van der Waals surface area contributed by atoms with Crippen LogP contribution in [-0.2, 0) is 9.05 Å². The van der Waals surface area contributed by atoms with E-state index in [1.807, 2.05) is 0 Å². The van der Waals surface area contributed by atoms with Gasteiger partial charge in [0.1, 0.15) is 0 Å². The minimum Gasteiger partial charge on any atom is -0.331 e. The lowest BCUT2D eigenvalue weighted by atomic mass is 10.1. The molecular weight excluding hydrogens is 254 g/mol. The van der Waals surface area contributed by atoms with E-state index < -0.39 is 16.9 Å². The summed E-state index contributed by atoms with van der Waals surface area (Å²) in [5, 5.41) is 0. The summed E-state index contributed by atoms with van der Waals surface area (Å²) < 4.78 is 17.1. The summed E-state index contributed by atoms with van der Waals surface area (Å²) in [6.07, 6.45) is 1.02. The highest BCUT2D eigenvalue weighted by molar-refractivity contribution is 7.78. The van der Waals surface area contributed by atoms with Crippen LogP contribution in [-0.4, -0.2) is 33.2 Å². The minimum atomic E-state index is -0.624. The summed E-state index contributed by atoms with van der Waals surface area (Å²) in [4.78, 5) is 0. The highest BCUT2D eigenvalue weighted by atomic mass is 31.3. The van der Waals surface area contributed by atoms with Crippen molar-refractivity contribution in [3.63, 3.8) is 0 Å². The molecule has 6 heteroatoms. The zero-order chi connectivity index (χ0) is 12.8. The summed E-state index contributed by atoms with van der Waals surface area (Å²) in [7, 11) is -1.25. The van der Waals surface area contributed by atoms with Crippen LogP contribution in [0.5, 0.6) is 0 Å². The van der Waals surface area contributed by atoms with Gasteiger partial charge in [0.05, 0.1) is 13.2 Å². The molecule has 0 aromatic carbocycles. The first kappa shape index (κ1) is 14.1. The Hall–Kier alpha value is 0.700. The van der Waals surface area contributed by atoms with E-state index in [9.17, 15) is 0 Å². The Bertz CT molecular complexity index is 252. The molecule has 0 unspecified atom stereocenters. The molecule has 0 atom stereocenters. The Labute approximate surface area is 108 Å². The maximum Gasteiger partial charge on any atom is 0.202 e. The van der Waals surface area contributed by atoms with Crippen molar-refractivity contribution in [2.75, 3.05) is 13.2 Å².